The van der Waals surface area contributed by atoms with E-state index in [0.717, 1.165) is 12.5 Å². The molecule has 1 unspecified atom stereocenters. The van der Waals surface area contributed by atoms with Crippen LogP contribution in [-0.4, -0.2) is 26.8 Å². The van der Waals surface area contributed by atoms with Gasteiger partial charge in [0.05, 0.1) is 6.61 Å². The van der Waals surface area contributed by atoms with Crippen molar-refractivity contribution in [2.75, 3.05) is 20.8 Å². The zero-order valence-corrected chi connectivity index (χ0v) is 7.48. The lowest BCUT2D eigenvalue weighted by molar-refractivity contribution is 0.160. The van der Waals surface area contributed by atoms with Crippen molar-refractivity contribution in [2.45, 2.75) is 26.3 Å². The van der Waals surface area contributed by atoms with Crippen LogP contribution in [0.4, 0.5) is 0 Å². The third-order valence-electron chi connectivity index (χ3n) is 1.53. The van der Waals surface area contributed by atoms with Crippen LogP contribution in [0, 0.1) is 5.92 Å². The Hall–Kier alpha value is -0.0800. The van der Waals surface area contributed by atoms with E-state index in [1.165, 1.54) is 6.42 Å². The van der Waals surface area contributed by atoms with Crippen LogP contribution in [0.5, 0.6) is 0 Å². The first kappa shape index (κ1) is 9.92. The summed E-state index contributed by atoms with van der Waals surface area (Å²) in [6.45, 7) is 5.26. The molecule has 0 aliphatic rings. The van der Waals surface area contributed by atoms with E-state index in [4.69, 9.17) is 4.74 Å². The Morgan fingerprint density at radius 3 is 2.30 bits per heavy atom. The van der Waals surface area contributed by atoms with Gasteiger partial charge in [0.15, 0.2) is 0 Å². The number of hydrogen-bond donors (Lipinski definition) is 1. The highest BCUT2D eigenvalue weighted by Gasteiger charge is 2.06. The van der Waals surface area contributed by atoms with Gasteiger partial charge in [0.25, 0.3) is 0 Å². The van der Waals surface area contributed by atoms with Gasteiger partial charge >= 0.3 is 0 Å². The third-order valence-corrected chi connectivity index (χ3v) is 1.53. The lowest BCUT2D eigenvalue weighted by Gasteiger charge is -2.16. The van der Waals surface area contributed by atoms with Crippen molar-refractivity contribution in [3.05, 3.63) is 0 Å². The quantitative estimate of drug-likeness (QED) is 0.629. The molecule has 0 aromatic rings. The normalized spacial score (nSPS) is 14.1. The number of methoxy groups -OCH3 is 1. The summed E-state index contributed by atoms with van der Waals surface area (Å²) in [4.78, 5) is 0. The molecule has 0 fully saturated rings. The van der Waals surface area contributed by atoms with Gasteiger partial charge in [-0.3, -0.25) is 0 Å². The molecule has 62 valence electrons. The van der Waals surface area contributed by atoms with E-state index in [2.05, 4.69) is 19.2 Å². The first-order valence-corrected chi connectivity index (χ1v) is 3.87. The molecule has 0 amide bonds. The highest BCUT2D eigenvalue weighted by molar-refractivity contribution is 4.64. The van der Waals surface area contributed by atoms with Gasteiger partial charge in [0, 0.05) is 13.2 Å². The predicted molar refractivity (Wildman–Crippen MR) is 44.2 cm³/mol. The molecule has 0 heterocycles. The van der Waals surface area contributed by atoms with Crippen molar-refractivity contribution in [1.29, 1.82) is 0 Å². The van der Waals surface area contributed by atoms with Gasteiger partial charge in [-0.05, 0) is 19.4 Å². The van der Waals surface area contributed by atoms with Crippen molar-refractivity contribution >= 4 is 0 Å². The average molecular weight is 145 g/mol. The van der Waals surface area contributed by atoms with Crippen LogP contribution in [0.2, 0.25) is 0 Å². The standard InChI is InChI=1S/C8H19NO/c1-7(2)5-8(9-3)6-10-4/h7-9H,5-6H2,1-4H3. The fourth-order valence-electron chi connectivity index (χ4n) is 1.04. The molecule has 0 saturated carbocycles. The smallest absolute Gasteiger partial charge is 0.0615 e. The second-order valence-corrected chi connectivity index (χ2v) is 3.07. The van der Waals surface area contributed by atoms with Crippen molar-refractivity contribution in [1.82, 2.24) is 5.32 Å². The first-order chi connectivity index (χ1) is 4.70. The van der Waals surface area contributed by atoms with Crippen LogP contribution >= 0.6 is 0 Å². The summed E-state index contributed by atoms with van der Waals surface area (Å²) in [6.07, 6.45) is 1.18. The van der Waals surface area contributed by atoms with Crippen LogP contribution in [0.3, 0.4) is 0 Å². The number of likely N-dealkylation sites (N-methyl/N-ethyl adjacent to an activating group) is 1. The van der Waals surface area contributed by atoms with E-state index in [9.17, 15) is 0 Å². The van der Waals surface area contributed by atoms with Gasteiger partial charge in [0.2, 0.25) is 0 Å². The maximum Gasteiger partial charge on any atom is 0.0615 e. The Morgan fingerprint density at radius 1 is 1.40 bits per heavy atom. The van der Waals surface area contributed by atoms with Gasteiger partial charge in [-0.2, -0.15) is 0 Å². The van der Waals surface area contributed by atoms with Gasteiger partial charge in [-0.1, -0.05) is 13.8 Å². The predicted octanol–water partition coefficient (Wildman–Crippen LogP) is 1.27. The van der Waals surface area contributed by atoms with E-state index in [-0.39, 0.29) is 0 Å². The summed E-state index contributed by atoms with van der Waals surface area (Å²) in [6, 6.07) is 0.519. The topological polar surface area (TPSA) is 21.3 Å². The van der Waals surface area contributed by atoms with Gasteiger partial charge in [0.1, 0.15) is 0 Å². The molecule has 0 bridgehead atoms. The van der Waals surface area contributed by atoms with Crippen molar-refractivity contribution in [3.63, 3.8) is 0 Å². The molecule has 0 saturated heterocycles. The van der Waals surface area contributed by atoms with E-state index in [0.29, 0.717) is 6.04 Å². The monoisotopic (exact) mass is 145 g/mol. The molecule has 0 aliphatic carbocycles. The molecule has 1 atom stereocenters. The van der Waals surface area contributed by atoms with E-state index in [1.54, 1.807) is 7.11 Å². The fraction of sp³-hybridized carbons (Fsp3) is 1.00. The molecule has 0 spiro atoms. The molecule has 0 aliphatic heterocycles. The molecule has 0 radical (unpaired) electrons. The highest BCUT2D eigenvalue weighted by Crippen LogP contribution is 2.03. The second kappa shape index (κ2) is 5.69. The van der Waals surface area contributed by atoms with Gasteiger partial charge in [-0.15, -0.1) is 0 Å². The Balaban J connectivity index is 3.39. The molecular formula is C8H19NO. The maximum atomic E-state index is 5.03. The van der Waals surface area contributed by atoms with Crippen LogP contribution in [0.15, 0.2) is 0 Å². The molecule has 0 aromatic heterocycles. The molecule has 2 heteroatoms. The minimum atomic E-state index is 0.519. The molecule has 0 aromatic carbocycles. The van der Waals surface area contributed by atoms with E-state index < -0.39 is 0 Å². The molecular weight excluding hydrogens is 126 g/mol. The zero-order chi connectivity index (χ0) is 7.98. The fourth-order valence-corrected chi connectivity index (χ4v) is 1.04. The highest BCUT2D eigenvalue weighted by atomic mass is 16.5. The van der Waals surface area contributed by atoms with Gasteiger partial charge < -0.3 is 10.1 Å². The van der Waals surface area contributed by atoms with Crippen molar-refractivity contribution in [2.24, 2.45) is 5.92 Å². The largest absolute Gasteiger partial charge is 0.383 e. The summed E-state index contributed by atoms with van der Waals surface area (Å²) in [7, 11) is 3.72. The minimum absolute atomic E-state index is 0.519. The molecule has 2 nitrogen and oxygen atoms in total. The van der Waals surface area contributed by atoms with Crippen molar-refractivity contribution in [3.8, 4) is 0 Å². The zero-order valence-electron chi connectivity index (χ0n) is 7.48. The average Bonchev–Trinajstić information content (AvgIpc) is 1.86. The second-order valence-electron chi connectivity index (χ2n) is 3.07. The summed E-state index contributed by atoms with van der Waals surface area (Å²) >= 11 is 0. The van der Waals surface area contributed by atoms with Crippen LogP contribution in [-0.2, 0) is 4.74 Å². The Kier molecular flexibility index (Phi) is 5.64. The Labute approximate surface area is 64.0 Å². The van der Waals surface area contributed by atoms with Crippen LogP contribution in [0.1, 0.15) is 20.3 Å². The molecule has 0 rings (SSSR count). The third kappa shape index (κ3) is 4.77. The number of ether oxygens (including phenoxy) is 1. The van der Waals surface area contributed by atoms with Crippen LogP contribution < -0.4 is 5.32 Å². The minimum Gasteiger partial charge on any atom is -0.383 e. The molecule has 1 N–H and O–H groups in total. The van der Waals surface area contributed by atoms with E-state index >= 15 is 0 Å². The molecule has 10 heavy (non-hydrogen) atoms. The summed E-state index contributed by atoms with van der Waals surface area (Å²) in [5.41, 5.74) is 0. The summed E-state index contributed by atoms with van der Waals surface area (Å²) < 4.78 is 5.03. The summed E-state index contributed by atoms with van der Waals surface area (Å²) in [5.74, 6) is 0.743. The summed E-state index contributed by atoms with van der Waals surface area (Å²) in [5, 5.41) is 3.21. The number of hydrogen-bond acceptors (Lipinski definition) is 2. The SMILES string of the molecule is CNC(COC)CC(C)C. The van der Waals surface area contributed by atoms with Crippen molar-refractivity contribution < 1.29 is 4.74 Å². The maximum absolute atomic E-state index is 5.03. The lowest BCUT2D eigenvalue weighted by atomic mass is 10.1. The van der Waals surface area contributed by atoms with Gasteiger partial charge in [-0.25, -0.2) is 0 Å². The number of nitrogens with one attached hydrogen (secondary N) is 1. The Bertz CT molecular complexity index is 73.7. The number of rotatable bonds is 5. The Morgan fingerprint density at radius 2 is 2.00 bits per heavy atom. The van der Waals surface area contributed by atoms with Crippen LogP contribution in [0.25, 0.3) is 0 Å². The first-order valence-electron chi connectivity index (χ1n) is 3.87. The van der Waals surface area contributed by atoms with E-state index in [1.807, 2.05) is 7.05 Å². The lowest BCUT2D eigenvalue weighted by Crippen LogP contribution is -2.31.